The number of nitrogen functional groups attached to an aromatic ring is 1. The summed E-state index contributed by atoms with van der Waals surface area (Å²) in [7, 11) is -3.76. The van der Waals surface area contributed by atoms with Crippen LogP contribution in [0.25, 0.3) is 0 Å². The molecule has 1 saturated heterocycles. The van der Waals surface area contributed by atoms with Crippen molar-refractivity contribution in [1.82, 2.24) is 4.31 Å². The molecule has 0 bridgehead atoms. The highest BCUT2D eigenvalue weighted by Gasteiger charge is 2.32. The summed E-state index contributed by atoms with van der Waals surface area (Å²) in [4.78, 5) is -0.287. The molecule has 1 aromatic carbocycles. The van der Waals surface area contributed by atoms with E-state index in [1.807, 2.05) is 6.92 Å². The van der Waals surface area contributed by atoms with Crippen LogP contribution in [0.3, 0.4) is 0 Å². The van der Waals surface area contributed by atoms with Crippen LogP contribution >= 0.6 is 0 Å². The molecule has 0 radical (unpaired) electrons. The standard InChI is InChI=1S/C12H17FN2O2S/c1-9-4-2-3-7-15(9)18(16,17)12-6-5-10(14)8-11(12)13/h5-6,8-9H,2-4,7,14H2,1H3. The van der Waals surface area contributed by atoms with Gasteiger partial charge in [-0.3, -0.25) is 0 Å². The van der Waals surface area contributed by atoms with Gasteiger partial charge in [-0.05, 0) is 38.0 Å². The van der Waals surface area contributed by atoms with Gasteiger partial charge in [0.25, 0.3) is 0 Å². The number of rotatable bonds is 2. The summed E-state index contributed by atoms with van der Waals surface area (Å²) in [5.74, 6) is -0.784. The quantitative estimate of drug-likeness (QED) is 0.837. The zero-order valence-corrected chi connectivity index (χ0v) is 11.1. The largest absolute Gasteiger partial charge is 0.399 e. The first kappa shape index (κ1) is 13.3. The van der Waals surface area contributed by atoms with Gasteiger partial charge in [-0.15, -0.1) is 0 Å². The van der Waals surface area contributed by atoms with Gasteiger partial charge < -0.3 is 5.73 Å². The molecular formula is C12H17FN2O2S. The van der Waals surface area contributed by atoms with Crippen LogP contribution in [0.2, 0.25) is 0 Å². The van der Waals surface area contributed by atoms with Crippen LogP contribution in [0, 0.1) is 5.82 Å². The number of sulfonamides is 1. The van der Waals surface area contributed by atoms with Gasteiger partial charge in [0.05, 0.1) is 0 Å². The van der Waals surface area contributed by atoms with Gasteiger partial charge in [-0.25, -0.2) is 12.8 Å². The monoisotopic (exact) mass is 272 g/mol. The van der Waals surface area contributed by atoms with Crippen molar-refractivity contribution in [2.45, 2.75) is 37.1 Å². The highest BCUT2D eigenvalue weighted by Crippen LogP contribution is 2.27. The van der Waals surface area contributed by atoms with Crippen LogP contribution in [-0.4, -0.2) is 25.3 Å². The molecule has 1 atom stereocenters. The molecule has 1 aromatic rings. The van der Waals surface area contributed by atoms with Gasteiger partial charge in [-0.1, -0.05) is 6.42 Å². The highest BCUT2D eigenvalue weighted by atomic mass is 32.2. The number of nitrogens with zero attached hydrogens (tertiary/aromatic N) is 1. The molecule has 1 heterocycles. The third kappa shape index (κ3) is 2.35. The van der Waals surface area contributed by atoms with Gasteiger partial charge in [-0.2, -0.15) is 4.31 Å². The Labute approximate surface area is 107 Å². The molecule has 4 nitrogen and oxygen atoms in total. The average Bonchev–Trinajstić information content (AvgIpc) is 2.28. The van der Waals surface area contributed by atoms with Crippen molar-refractivity contribution in [1.29, 1.82) is 0 Å². The molecule has 1 fully saturated rings. The van der Waals surface area contributed by atoms with Gasteiger partial charge in [0.2, 0.25) is 10.0 Å². The summed E-state index contributed by atoms with van der Waals surface area (Å²) in [5.41, 5.74) is 5.65. The predicted molar refractivity (Wildman–Crippen MR) is 68.0 cm³/mol. The molecule has 0 saturated carbocycles. The van der Waals surface area contributed by atoms with Crippen LogP contribution in [0.15, 0.2) is 23.1 Å². The van der Waals surface area contributed by atoms with Crippen LogP contribution in [-0.2, 0) is 10.0 Å². The van der Waals surface area contributed by atoms with Crippen molar-refractivity contribution < 1.29 is 12.8 Å². The van der Waals surface area contributed by atoms with E-state index in [-0.39, 0.29) is 16.6 Å². The van der Waals surface area contributed by atoms with E-state index in [0.29, 0.717) is 6.54 Å². The van der Waals surface area contributed by atoms with Gasteiger partial charge in [0.1, 0.15) is 10.7 Å². The Morgan fingerprint density at radius 3 is 2.72 bits per heavy atom. The molecule has 100 valence electrons. The van der Waals surface area contributed by atoms with E-state index in [4.69, 9.17) is 5.73 Å². The molecule has 0 spiro atoms. The lowest BCUT2D eigenvalue weighted by Gasteiger charge is -2.32. The summed E-state index contributed by atoms with van der Waals surface area (Å²) in [6, 6.07) is 3.61. The zero-order valence-electron chi connectivity index (χ0n) is 10.3. The summed E-state index contributed by atoms with van der Waals surface area (Å²) in [6.07, 6.45) is 2.65. The molecule has 2 N–H and O–H groups in total. The minimum atomic E-state index is -3.76. The molecular weight excluding hydrogens is 255 g/mol. The van der Waals surface area contributed by atoms with E-state index in [9.17, 15) is 12.8 Å². The molecule has 1 aliphatic heterocycles. The normalized spacial score (nSPS) is 22.0. The predicted octanol–water partition coefficient (Wildman–Crippen LogP) is 1.97. The Hall–Kier alpha value is -1.14. The average molecular weight is 272 g/mol. The maximum atomic E-state index is 13.7. The van der Waals surface area contributed by atoms with E-state index in [1.165, 1.54) is 16.4 Å². The summed E-state index contributed by atoms with van der Waals surface area (Å²) < 4.78 is 39.9. The van der Waals surface area contributed by atoms with Crippen molar-refractivity contribution in [2.75, 3.05) is 12.3 Å². The fraction of sp³-hybridized carbons (Fsp3) is 0.500. The number of anilines is 1. The van der Waals surface area contributed by atoms with E-state index in [1.54, 1.807) is 0 Å². The maximum absolute atomic E-state index is 13.7. The first-order chi connectivity index (χ1) is 8.43. The minimum Gasteiger partial charge on any atom is -0.399 e. The van der Waals surface area contributed by atoms with Crippen LogP contribution in [0.1, 0.15) is 26.2 Å². The SMILES string of the molecule is CC1CCCCN1S(=O)(=O)c1ccc(N)cc1F. The Bertz CT molecular complexity index is 545. The minimum absolute atomic E-state index is 0.0827. The number of nitrogens with two attached hydrogens (primary N) is 1. The molecule has 18 heavy (non-hydrogen) atoms. The molecule has 0 aliphatic carbocycles. The third-order valence-electron chi connectivity index (χ3n) is 3.28. The lowest BCUT2D eigenvalue weighted by molar-refractivity contribution is 0.268. The van der Waals surface area contributed by atoms with Gasteiger partial charge >= 0.3 is 0 Å². The van der Waals surface area contributed by atoms with Crippen LogP contribution in [0.4, 0.5) is 10.1 Å². The molecule has 2 rings (SSSR count). The lowest BCUT2D eigenvalue weighted by atomic mass is 10.1. The number of hydrogen-bond donors (Lipinski definition) is 1. The third-order valence-corrected chi connectivity index (χ3v) is 5.33. The van der Waals surface area contributed by atoms with E-state index >= 15 is 0 Å². The van der Waals surface area contributed by atoms with Crippen molar-refractivity contribution in [3.05, 3.63) is 24.0 Å². The zero-order chi connectivity index (χ0) is 13.3. The topological polar surface area (TPSA) is 63.4 Å². The highest BCUT2D eigenvalue weighted by molar-refractivity contribution is 7.89. The fourth-order valence-electron chi connectivity index (χ4n) is 2.28. The molecule has 0 amide bonds. The number of hydrogen-bond acceptors (Lipinski definition) is 3. The second kappa shape index (κ2) is 4.85. The summed E-state index contributed by atoms with van der Waals surface area (Å²) in [6.45, 7) is 2.30. The van der Waals surface area contributed by atoms with Crippen LogP contribution in [0.5, 0.6) is 0 Å². The Morgan fingerprint density at radius 1 is 1.39 bits per heavy atom. The van der Waals surface area contributed by atoms with E-state index in [0.717, 1.165) is 25.3 Å². The first-order valence-electron chi connectivity index (χ1n) is 6.00. The second-order valence-electron chi connectivity index (χ2n) is 4.65. The molecule has 6 heteroatoms. The number of benzene rings is 1. The van der Waals surface area contributed by atoms with Crippen molar-refractivity contribution in [3.63, 3.8) is 0 Å². The van der Waals surface area contributed by atoms with Crippen LogP contribution < -0.4 is 5.73 Å². The number of halogens is 1. The molecule has 1 unspecified atom stereocenters. The second-order valence-corrected chi connectivity index (χ2v) is 6.51. The Kier molecular flexibility index (Phi) is 3.59. The van der Waals surface area contributed by atoms with Crippen molar-refractivity contribution in [3.8, 4) is 0 Å². The Morgan fingerprint density at radius 2 is 2.11 bits per heavy atom. The Balaban J connectivity index is 2.41. The summed E-state index contributed by atoms with van der Waals surface area (Å²) >= 11 is 0. The van der Waals surface area contributed by atoms with Gasteiger partial charge in [0.15, 0.2) is 0 Å². The first-order valence-corrected chi connectivity index (χ1v) is 7.44. The smallest absolute Gasteiger partial charge is 0.246 e. The summed E-state index contributed by atoms with van der Waals surface area (Å²) in [5, 5.41) is 0. The fourth-order valence-corrected chi connectivity index (χ4v) is 4.03. The van der Waals surface area contributed by atoms with Crippen molar-refractivity contribution >= 4 is 15.7 Å². The lowest BCUT2D eigenvalue weighted by Crippen LogP contribution is -2.42. The molecule has 0 aromatic heterocycles. The molecule has 1 aliphatic rings. The van der Waals surface area contributed by atoms with Crippen molar-refractivity contribution in [2.24, 2.45) is 0 Å². The maximum Gasteiger partial charge on any atom is 0.246 e. The van der Waals surface area contributed by atoms with E-state index < -0.39 is 15.8 Å². The number of piperidine rings is 1. The van der Waals surface area contributed by atoms with Gasteiger partial charge in [0, 0.05) is 18.3 Å². The van der Waals surface area contributed by atoms with E-state index in [2.05, 4.69) is 0 Å².